The van der Waals surface area contributed by atoms with Gasteiger partial charge in [0.2, 0.25) is 0 Å². The summed E-state index contributed by atoms with van der Waals surface area (Å²) >= 11 is 0. The van der Waals surface area contributed by atoms with Gasteiger partial charge in [0.25, 0.3) is 0 Å². The topological polar surface area (TPSA) is 103 Å². The van der Waals surface area contributed by atoms with Crippen LogP contribution in [0.5, 0.6) is 17.2 Å². The fourth-order valence-corrected chi connectivity index (χ4v) is 5.12. The molecule has 1 unspecified atom stereocenters. The molecule has 1 fully saturated rings. The first kappa shape index (κ1) is 27.4. The third-order valence-electron chi connectivity index (χ3n) is 7.19. The summed E-state index contributed by atoms with van der Waals surface area (Å²) in [6, 6.07) is 22.5. The number of aromatic nitrogens is 2. The van der Waals surface area contributed by atoms with Crippen molar-refractivity contribution in [3.8, 4) is 17.2 Å². The monoisotopic (exact) mass is 552 g/mol. The number of rotatable bonds is 10. The lowest BCUT2D eigenvalue weighted by Gasteiger charge is -2.29. The van der Waals surface area contributed by atoms with Crippen LogP contribution in [0.3, 0.4) is 0 Å². The number of amides is 2. The van der Waals surface area contributed by atoms with Crippen molar-refractivity contribution >= 4 is 24.4 Å². The third kappa shape index (κ3) is 5.00. The number of methoxy groups -OCH3 is 3. The number of carbonyl (C=O) groups excluding carboxylic acids is 1. The van der Waals surface area contributed by atoms with Crippen molar-refractivity contribution in [3.05, 3.63) is 102 Å². The van der Waals surface area contributed by atoms with E-state index in [-0.39, 0.29) is 6.03 Å². The van der Waals surface area contributed by atoms with E-state index in [2.05, 4.69) is 22.0 Å². The Morgan fingerprint density at radius 3 is 1.83 bits per heavy atom. The number of nitrogens with zero attached hydrogens (tertiary/aromatic N) is 5. The second-order valence-electron chi connectivity index (χ2n) is 9.44. The molecule has 3 aromatic carbocycles. The Kier molecular flexibility index (Phi) is 7.73. The van der Waals surface area contributed by atoms with Crippen molar-refractivity contribution in [2.24, 2.45) is 9.98 Å². The van der Waals surface area contributed by atoms with Crippen molar-refractivity contribution in [2.75, 3.05) is 28.4 Å². The van der Waals surface area contributed by atoms with E-state index < -0.39 is 5.54 Å². The number of imidazole rings is 1. The largest absolute Gasteiger partial charge is 0.497 e. The van der Waals surface area contributed by atoms with Crippen LogP contribution in [0.15, 0.2) is 89.1 Å². The van der Waals surface area contributed by atoms with Gasteiger partial charge in [0.05, 0.1) is 40.7 Å². The summed E-state index contributed by atoms with van der Waals surface area (Å²) in [7, 11) is 6.53. The fraction of sp³-hybridized carbons (Fsp3) is 0.226. The molecule has 1 atom stereocenters. The second kappa shape index (κ2) is 11.5. The molecule has 0 aliphatic carbocycles. The van der Waals surface area contributed by atoms with Crippen molar-refractivity contribution in [3.63, 3.8) is 0 Å². The van der Waals surface area contributed by atoms with Gasteiger partial charge in [-0.2, -0.15) is 0 Å². The number of aliphatic imine (C=N–C) groups is 2. The highest BCUT2D eigenvalue weighted by Crippen LogP contribution is 2.41. The average molecular weight is 553 g/mol. The summed E-state index contributed by atoms with van der Waals surface area (Å²) in [4.78, 5) is 29.2. The predicted molar refractivity (Wildman–Crippen MR) is 158 cm³/mol. The molecule has 10 nitrogen and oxygen atoms in total. The molecule has 41 heavy (non-hydrogen) atoms. The van der Waals surface area contributed by atoms with Crippen molar-refractivity contribution in [1.82, 2.24) is 19.8 Å². The lowest BCUT2D eigenvalue weighted by Crippen LogP contribution is -2.45. The van der Waals surface area contributed by atoms with Crippen LogP contribution < -0.4 is 19.5 Å². The molecule has 0 radical (unpaired) electrons. The molecule has 1 N–H and O–H groups in total. The first-order valence-corrected chi connectivity index (χ1v) is 13.0. The van der Waals surface area contributed by atoms with Gasteiger partial charge in [-0.1, -0.05) is 36.4 Å². The summed E-state index contributed by atoms with van der Waals surface area (Å²) < 4.78 is 17.9. The molecule has 1 aliphatic rings. The van der Waals surface area contributed by atoms with Crippen LogP contribution in [0.4, 0.5) is 10.6 Å². The lowest BCUT2D eigenvalue weighted by molar-refractivity contribution is 0.225. The molecule has 1 aromatic heterocycles. The maximum Gasteiger partial charge on any atom is 0.324 e. The minimum atomic E-state index is -1.23. The van der Waals surface area contributed by atoms with E-state index in [1.807, 2.05) is 77.4 Å². The molecule has 2 amide bonds. The summed E-state index contributed by atoms with van der Waals surface area (Å²) in [5.41, 5.74) is 1.98. The Morgan fingerprint density at radius 1 is 0.829 bits per heavy atom. The minimum absolute atomic E-state index is 0.295. The minimum Gasteiger partial charge on any atom is -0.497 e. The zero-order chi connectivity index (χ0) is 29.0. The van der Waals surface area contributed by atoms with Crippen LogP contribution in [0, 0.1) is 0 Å². The Morgan fingerprint density at radius 2 is 1.34 bits per heavy atom. The first-order chi connectivity index (χ1) is 20.0. The van der Waals surface area contributed by atoms with Gasteiger partial charge in [0, 0.05) is 7.05 Å². The number of hydrogen-bond acceptors (Lipinski definition) is 7. The highest BCUT2D eigenvalue weighted by atomic mass is 16.5. The van der Waals surface area contributed by atoms with Crippen LogP contribution in [-0.4, -0.2) is 61.4 Å². The molecule has 1 saturated heterocycles. The highest BCUT2D eigenvalue weighted by Gasteiger charge is 2.54. The van der Waals surface area contributed by atoms with Gasteiger partial charge in [-0.25, -0.2) is 14.8 Å². The van der Waals surface area contributed by atoms with Crippen LogP contribution in [-0.2, 0) is 18.6 Å². The molecule has 5 rings (SSSR count). The smallest absolute Gasteiger partial charge is 0.324 e. The standard InChI is InChI=1S/C31H32N6O4/c1-32-28-27(34-20-36(28)18-21-6-12-24(39-3)13-7-21)31(23-10-16-26(41-5)17-11-23)29(33-2)37(30(38)35-31)19-22-8-14-25(40-4)15-9-22/h6-17,20H,1,18-19H2,2-5H3,(H,35,38). The van der Waals surface area contributed by atoms with E-state index in [9.17, 15) is 4.79 Å². The fourth-order valence-electron chi connectivity index (χ4n) is 5.12. The van der Waals surface area contributed by atoms with Gasteiger partial charge in [-0.15, -0.1) is 0 Å². The van der Waals surface area contributed by atoms with Crippen LogP contribution in [0.2, 0.25) is 0 Å². The summed E-state index contributed by atoms with van der Waals surface area (Å²) in [6.45, 7) is 4.65. The van der Waals surface area contributed by atoms with Gasteiger partial charge in [-0.05, 0) is 59.8 Å². The zero-order valence-electron chi connectivity index (χ0n) is 23.5. The summed E-state index contributed by atoms with van der Waals surface area (Å²) in [5.74, 6) is 3.20. The predicted octanol–water partition coefficient (Wildman–Crippen LogP) is 4.79. The number of nitrogens with one attached hydrogen (secondary N) is 1. The highest BCUT2D eigenvalue weighted by molar-refractivity contribution is 6.12. The number of benzene rings is 3. The van der Waals surface area contributed by atoms with E-state index in [1.165, 1.54) is 0 Å². The maximum atomic E-state index is 13.7. The first-order valence-electron chi connectivity index (χ1n) is 13.0. The van der Waals surface area contributed by atoms with Gasteiger partial charge in [0.15, 0.2) is 11.4 Å². The summed E-state index contributed by atoms with van der Waals surface area (Å²) in [6.07, 6.45) is 1.71. The Hall–Kier alpha value is -5.12. The molecule has 210 valence electrons. The SMILES string of the molecule is C=Nc1c(C2(c3ccc(OC)cc3)NC(=O)N(Cc3ccc(OC)cc3)C2=NC)ncn1Cc1ccc(OC)cc1. The lowest BCUT2D eigenvalue weighted by atomic mass is 9.85. The number of carbonyl (C=O) groups is 1. The van der Waals surface area contributed by atoms with E-state index in [4.69, 9.17) is 19.2 Å². The van der Waals surface area contributed by atoms with Crippen molar-refractivity contribution in [1.29, 1.82) is 0 Å². The van der Waals surface area contributed by atoms with E-state index >= 15 is 0 Å². The molecule has 2 heterocycles. The average Bonchev–Trinajstić information content (AvgIpc) is 3.55. The third-order valence-corrected chi connectivity index (χ3v) is 7.19. The molecule has 10 heteroatoms. The van der Waals surface area contributed by atoms with E-state index in [1.54, 1.807) is 39.6 Å². The van der Waals surface area contributed by atoms with Crippen LogP contribution >= 0.6 is 0 Å². The van der Waals surface area contributed by atoms with Gasteiger partial charge >= 0.3 is 6.03 Å². The second-order valence-corrected chi connectivity index (χ2v) is 9.44. The van der Waals surface area contributed by atoms with Crippen molar-refractivity contribution in [2.45, 2.75) is 18.6 Å². The van der Waals surface area contributed by atoms with Gasteiger partial charge in [-0.3, -0.25) is 9.89 Å². The summed E-state index contributed by atoms with van der Waals surface area (Å²) in [5, 5.41) is 3.21. The van der Waals surface area contributed by atoms with Crippen LogP contribution in [0.1, 0.15) is 22.4 Å². The molecular formula is C31H32N6O4. The Bertz CT molecular complexity index is 1560. The number of amidine groups is 1. The quantitative estimate of drug-likeness (QED) is 0.285. The Labute approximate surface area is 238 Å². The number of hydrogen-bond donors (Lipinski definition) is 1. The molecule has 0 bridgehead atoms. The van der Waals surface area contributed by atoms with Crippen molar-refractivity contribution < 1.29 is 19.0 Å². The van der Waals surface area contributed by atoms with Crippen LogP contribution in [0.25, 0.3) is 0 Å². The van der Waals surface area contributed by atoms with E-state index in [0.717, 1.165) is 28.2 Å². The molecule has 4 aromatic rings. The molecule has 0 saturated carbocycles. The van der Waals surface area contributed by atoms with Gasteiger partial charge < -0.3 is 24.1 Å². The number of ether oxygens (including phenoxy) is 3. The Balaban J connectivity index is 1.61. The maximum absolute atomic E-state index is 13.7. The molecule has 1 aliphatic heterocycles. The van der Waals surface area contributed by atoms with E-state index in [0.29, 0.717) is 36.2 Å². The zero-order valence-corrected chi connectivity index (χ0v) is 23.5. The normalized spacial score (nSPS) is 17.4. The molecular weight excluding hydrogens is 520 g/mol. The van der Waals surface area contributed by atoms with Gasteiger partial charge in [0.1, 0.15) is 28.8 Å². The molecule has 0 spiro atoms. The number of urea groups is 1.